The Bertz CT molecular complexity index is 1080. The summed E-state index contributed by atoms with van der Waals surface area (Å²) >= 11 is 0. The second-order valence-electron chi connectivity index (χ2n) is 9.65. The molecule has 2 aromatic carbocycles. The second kappa shape index (κ2) is 7.67. The van der Waals surface area contributed by atoms with E-state index >= 15 is 0 Å². The molecule has 3 aliphatic rings. The molecule has 1 saturated heterocycles. The van der Waals surface area contributed by atoms with E-state index in [2.05, 4.69) is 14.8 Å². The van der Waals surface area contributed by atoms with E-state index in [1.54, 1.807) is 19.9 Å². The van der Waals surface area contributed by atoms with Gasteiger partial charge in [-0.1, -0.05) is 30.3 Å². The first kappa shape index (κ1) is 22.1. The SMILES string of the molecule is CC(C)(O)c1cccc([C@H]2C[C@H](NC(=O)C3(c4ccc5c(c4)OC(F)(F)O5)CC3)CCO2)c1. The molecule has 2 fully saturated rings. The third-order valence-electron chi connectivity index (χ3n) is 6.72. The van der Waals surface area contributed by atoms with Crippen LogP contribution in [0.15, 0.2) is 42.5 Å². The fraction of sp³-hybridized carbons (Fsp3) is 0.480. The van der Waals surface area contributed by atoms with Gasteiger partial charge >= 0.3 is 6.29 Å². The van der Waals surface area contributed by atoms with Crippen molar-refractivity contribution in [1.29, 1.82) is 0 Å². The Morgan fingerprint density at radius 2 is 1.88 bits per heavy atom. The van der Waals surface area contributed by atoms with Gasteiger partial charge in [-0.15, -0.1) is 8.78 Å². The maximum atomic E-state index is 13.4. The molecule has 5 rings (SSSR count). The number of aliphatic hydroxyl groups is 1. The molecule has 0 radical (unpaired) electrons. The highest BCUT2D eigenvalue weighted by molar-refractivity contribution is 5.91. The van der Waals surface area contributed by atoms with Crippen LogP contribution in [0.3, 0.4) is 0 Å². The van der Waals surface area contributed by atoms with Crippen molar-refractivity contribution in [2.45, 2.75) is 69.0 Å². The van der Waals surface area contributed by atoms with Crippen molar-refractivity contribution in [3.63, 3.8) is 0 Å². The van der Waals surface area contributed by atoms with Gasteiger partial charge in [0.15, 0.2) is 11.5 Å². The zero-order chi connectivity index (χ0) is 23.4. The van der Waals surface area contributed by atoms with E-state index in [1.165, 1.54) is 12.1 Å². The van der Waals surface area contributed by atoms with Gasteiger partial charge in [-0.3, -0.25) is 4.79 Å². The Labute approximate surface area is 190 Å². The number of amides is 1. The highest BCUT2D eigenvalue weighted by Gasteiger charge is 2.53. The van der Waals surface area contributed by atoms with E-state index in [9.17, 15) is 18.7 Å². The molecule has 6 nitrogen and oxygen atoms in total. The van der Waals surface area contributed by atoms with E-state index in [1.807, 2.05) is 24.3 Å². The van der Waals surface area contributed by atoms with E-state index in [0.29, 0.717) is 37.9 Å². The third kappa shape index (κ3) is 4.29. The lowest BCUT2D eigenvalue weighted by Crippen LogP contribution is -2.44. The van der Waals surface area contributed by atoms with Crippen molar-refractivity contribution >= 4 is 5.91 Å². The minimum atomic E-state index is -3.68. The van der Waals surface area contributed by atoms with Crippen molar-refractivity contribution in [3.8, 4) is 11.5 Å². The largest absolute Gasteiger partial charge is 0.586 e. The van der Waals surface area contributed by atoms with Gasteiger partial charge in [-0.2, -0.15) is 0 Å². The molecule has 176 valence electrons. The van der Waals surface area contributed by atoms with Gasteiger partial charge < -0.3 is 24.6 Å². The second-order valence-corrected chi connectivity index (χ2v) is 9.65. The first-order valence-corrected chi connectivity index (χ1v) is 11.2. The normalized spacial score (nSPS) is 24.9. The summed E-state index contributed by atoms with van der Waals surface area (Å²) in [6, 6.07) is 12.2. The van der Waals surface area contributed by atoms with E-state index in [4.69, 9.17) is 4.74 Å². The van der Waals surface area contributed by atoms with Crippen LogP contribution < -0.4 is 14.8 Å². The van der Waals surface area contributed by atoms with Gasteiger partial charge in [0.05, 0.1) is 17.1 Å². The average molecular weight is 459 g/mol. The Morgan fingerprint density at radius 1 is 1.12 bits per heavy atom. The van der Waals surface area contributed by atoms with Crippen molar-refractivity contribution in [1.82, 2.24) is 5.32 Å². The Kier molecular flexibility index (Phi) is 5.14. The van der Waals surface area contributed by atoms with E-state index < -0.39 is 17.3 Å². The van der Waals surface area contributed by atoms with Crippen LogP contribution in [0.1, 0.15) is 62.3 Å². The molecule has 0 unspecified atom stereocenters. The van der Waals surface area contributed by atoms with Gasteiger partial charge in [-0.25, -0.2) is 0 Å². The number of ether oxygens (including phenoxy) is 3. The summed E-state index contributed by atoms with van der Waals surface area (Å²) < 4.78 is 41.7. The van der Waals surface area contributed by atoms with Gasteiger partial charge in [0.1, 0.15) is 0 Å². The average Bonchev–Trinajstić information content (AvgIpc) is 3.50. The third-order valence-corrected chi connectivity index (χ3v) is 6.72. The molecule has 1 aliphatic carbocycles. The highest BCUT2D eigenvalue weighted by Crippen LogP contribution is 2.52. The maximum absolute atomic E-state index is 13.4. The first-order valence-electron chi connectivity index (χ1n) is 11.2. The van der Waals surface area contributed by atoms with Crippen LogP contribution >= 0.6 is 0 Å². The molecule has 33 heavy (non-hydrogen) atoms. The number of halogens is 2. The van der Waals surface area contributed by atoms with Crippen LogP contribution in [-0.2, 0) is 20.5 Å². The summed E-state index contributed by atoms with van der Waals surface area (Å²) in [4.78, 5) is 13.2. The standard InChI is InChI=1S/C25H27F2NO5/c1-23(2,30)16-5-3-4-15(12-16)20-14-18(8-11-31-20)28-22(29)24(9-10-24)17-6-7-19-21(13-17)33-25(26,27)32-19/h3-7,12-13,18,20,30H,8-11,14H2,1-2H3,(H,28,29)/t18-,20-/m1/s1. The molecule has 2 aromatic rings. The number of carbonyl (C=O) groups is 1. The van der Waals surface area contributed by atoms with Gasteiger partial charge in [0, 0.05) is 12.6 Å². The number of fused-ring (bicyclic) bond motifs is 1. The number of hydrogen-bond donors (Lipinski definition) is 2. The maximum Gasteiger partial charge on any atom is 0.586 e. The topological polar surface area (TPSA) is 77.0 Å². The number of alkyl halides is 2. The molecule has 2 atom stereocenters. The lowest BCUT2D eigenvalue weighted by molar-refractivity contribution is -0.286. The lowest BCUT2D eigenvalue weighted by atomic mass is 9.91. The zero-order valence-electron chi connectivity index (χ0n) is 18.6. The Morgan fingerprint density at radius 3 is 2.61 bits per heavy atom. The molecule has 0 aromatic heterocycles. The molecule has 8 heteroatoms. The fourth-order valence-electron chi connectivity index (χ4n) is 4.62. The Hall–Kier alpha value is -2.71. The number of nitrogens with one attached hydrogen (secondary N) is 1. The number of rotatable bonds is 5. The monoisotopic (exact) mass is 459 g/mol. The van der Waals surface area contributed by atoms with Crippen LogP contribution in [0.4, 0.5) is 8.78 Å². The summed E-state index contributed by atoms with van der Waals surface area (Å²) in [6.07, 6.45) is -1.26. The fourth-order valence-corrected chi connectivity index (χ4v) is 4.62. The predicted molar refractivity (Wildman–Crippen MR) is 115 cm³/mol. The molecule has 2 aliphatic heterocycles. The summed E-state index contributed by atoms with van der Waals surface area (Å²) in [5.74, 6) is -0.182. The predicted octanol–water partition coefficient (Wildman–Crippen LogP) is 4.30. The van der Waals surface area contributed by atoms with Crippen molar-refractivity contribution in [3.05, 3.63) is 59.2 Å². The highest BCUT2D eigenvalue weighted by atomic mass is 19.3. The minimum Gasteiger partial charge on any atom is -0.395 e. The lowest BCUT2D eigenvalue weighted by Gasteiger charge is -2.32. The van der Waals surface area contributed by atoms with Gasteiger partial charge in [0.25, 0.3) is 0 Å². The van der Waals surface area contributed by atoms with Gasteiger partial charge in [0.2, 0.25) is 5.91 Å². The van der Waals surface area contributed by atoms with Crippen LogP contribution in [0.2, 0.25) is 0 Å². The van der Waals surface area contributed by atoms with Crippen LogP contribution in [0, 0.1) is 0 Å². The van der Waals surface area contributed by atoms with Crippen LogP contribution in [0.25, 0.3) is 0 Å². The summed E-state index contributed by atoms with van der Waals surface area (Å²) in [7, 11) is 0. The summed E-state index contributed by atoms with van der Waals surface area (Å²) in [5.41, 5.74) is 0.740. The Balaban J connectivity index is 1.28. The van der Waals surface area contributed by atoms with Crippen molar-refractivity contribution in [2.75, 3.05) is 6.61 Å². The van der Waals surface area contributed by atoms with E-state index in [0.717, 1.165) is 11.1 Å². The molecule has 1 saturated carbocycles. The quantitative estimate of drug-likeness (QED) is 0.697. The molecule has 1 amide bonds. The molecular formula is C25H27F2NO5. The number of carbonyl (C=O) groups excluding carboxylic acids is 1. The molecule has 0 spiro atoms. The molecule has 0 bridgehead atoms. The van der Waals surface area contributed by atoms with Crippen molar-refractivity contribution < 1.29 is 32.9 Å². The number of hydrogen-bond acceptors (Lipinski definition) is 5. The first-order chi connectivity index (χ1) is 15.6. The van der Waals surface area contributed by atoms with Crippen LogP contribution in [-0.4, -0.2) is 30.0 Å². The summed E-state index contributed by atoms with van der Waals surface area (Å²) in [5, 5.41) is 13.5. The number of benzene rings is 2. The summed E-state index contributed by atoms with van der Waals surface area (Å²) in [6.45, 7) is 3.99. The molecular weight excluding hydrogens is 432 g/mol. The van der Waals surface area contributed by atoms with Gasteiger partial charge in [-0.05, 0) is 68.4 Å². The van der Waals surface area contributed by atoms with E-state index in [-0.39, 0.29) is 29.6 Å². The van der Waals surface area contributed by atoms with Crippen LogP contribution in [0.5, 0.6) is 11.5 Å². The minimum absolute atomic E-state index is 0.0273. The smallest absolute Gasteiger partial charge is 0.395 e. The molecule has 2 heterocycles. The molecule has 2 N–H and O–H groups in total. The zero-order valence-corrected chi connectivity index (χ0v) is 18.6. The van der Waals surface area contributed by atoms with Crippen molar-refractivity contribution in [2.24, 2.45) is 0 Å².